The van der Waals surface area contributed by atoms with Crippen molar-refractivity contribution in [3.63, 3.8) is 0 Å². The first-order valence-corrected chi connectivity index (χ1v) is 6.75. The van der Waals surface area contributed by atoms with Gasteiger partial charge in [-0.15, -0.1) is 0 Å². The second-order valence-corrected chi connectivity index (χ2v) is 4.69. The zero-order valence-corrected chi connectivity index (χ0v) is 11.9. The van der Waals surface area contributed by atoms with Crippen molar-refractivity contribution in [2.24, 2.45) is 0 Å². The molecule has 0 unspecified atom stereocenters. The molecule has 0 aliphatic rings. The molecule has 2 heterocycles. The van der Waals surface area contributed by atoms with Gasteiger partial charge in [0.05, 0.1) is 12.2 Å². The molecule has 0 radical (unpaired) electrons. The van der Waals surface area contributed by atoms with Crippen LogP contribution in [0, 0.1) is 6.92 Å². The molecule has 0 saturated carbocycles. The summed E-state index contributed by atoms with van der Waals surface area (Å²) in [6.45, 7) is 4.64. The topological polar surface area (TPSA) is 50.7 Å². The maximum atomic E-state index is 6.13. The van der Waals surface area contributed by atoms with Gasteiger partial charge in [0.2, 0.25) is 0 Å². The van der Waals surface area contributed by atoms with Crippen molar-refractivity contribution in [3.8, 4) is 0 Å². The Kier molecular flexibility index (Phi) is 4.68. The van der Waals surface area contributed by atoms with Crippen LogP contribution in [0.5, 0.6) is 0 Å². The van der Waals surface area contributed by atoms with Crippen molar-refractivity contribution in [2.45, 2.75) is 33.2 Å². The third-order valence-corrected chi connectivity index (χ3v) is 3.14. The number of rotatable bonds is 5. The summed E-state index contributed by atoms with van der Waals surface area (Å²) in [5.41, 5.74) is 1.84. The number of pyridine rings is 1. The van der Waals surface area contributed by atoms with Gasteiger partial charge in [-0.1, -0.05) is 24.6 Å². The number of halogens is 1. The van der Waals surface area contributed by atoms with Crippen LogP contribution >= 0.6 is 11.6 Å². The molecule has 0 spiro atoms. The summed E-state index contributed by atoms with van der Waals surface area (Å²) in [6.07, 6.45) is 3.61. The van der Waals surface area contributed by atoms with Crippen molar-refractivity contribution in [1.29, 1.82) is 0 Å². The maximum absolute atomic E-state index is 6.13. The highest BCUT2D eigenvalue weighted by atomic mass is 35.5. The fourth-order valence-electron chi connectivity index (χ4n) is 1.72. The number of hydrogen-bond donors (Lipinski definition) is 1. The van der Waals surface area contributed by atoms with Gasteiger partial charge in [-0.3, -0.25) is 4.98 Å². The van der Waals surface area contributed by atoms with Crippen LogP contribution in [0.15, 0.2) is 24.4 Å². The lowest BCUT2D eigenvalue weighted by atomic mass is 10.3. The van der Waals surface area contributed by atoms with E-state index in [1.165, 1.54) is 0 Å². The van der Waals surface area contributed by atoms with Gasteiger partial charge >= 0.3 is 0 Å². The Morgan fingerprint density at radius 1 is 1.26 bits per heavy atom. The number of aryl methyl sites for hydroxylation is 1. The van der Waals surface area contributed by atoms with Crippen LogP contribution in [0.3, 0.4) is 0 Å². The molecule has 2 aromatic heterocycles. The third-order valence-electron chi connectivity index (χ3n) is 2.77. The van der Waals surface area contributed by atoms with E-state index in [4.69, 9.17) is 11.6 Å². The normalized spacial score (nSPS) is 10.5. The van der Waals surface area contributed by atoms with Gasteiger partial charge in [-0.25, -0.2) is 9.97 Å². The molecule has 0 aromatic carbocycles. The molecule has 0 fully saturated rings. The van der Waals surface area contributed by atoms with Gasteiger partial charge in [0.1, 0.15) is 16.8 Å². The molecule has 4 nitrogen and oxygen atoms in total. The predicted molar refractivity (Wildman–Crippen MR) is 77.3 cm³/mol. The fraction of sp³-hybridized carbons (Fsp3) is 0.357. The molecule has 2 aromatic rings. The highest BCUT2D eigenvalue weighted by molar-refractivity contribution is 6.30. The van der Waals surface area contributed by atoms with Crippen molar-refractivity contribution < 1.29 is 0 Å². The molecule has 5 heteroatoms. The highest BCUT2D eigenvalue weighted by Crippen LogP contribution is 2.20. The molecule has 100 valence electrons. The lowest BCUT2D eigenvalue weighted by molar-refractivity contribution is 0.829. The summed E-state index contributed by atoms with van der Waals surface area (Å²) in [4.78, 5) is 13.0. The first-order chi connectivity index (χ1) is 9.20. The second kappa shape index (κ2) is 6.48. The van der Waals surface area contributed by atoms with Crippen LogP contribution in [-0.2, 0) is 13.0 Å². The summed E-state index contributed by atoms with van der Waals surface area (Å²) < 4.78 is 0. The van der Waals surface area contributed by atoms with E-state index in [1.807, 2.05) is 25.1 Å². The minimum atomic E-state index is 0.516. The predicted octanol–water partition coefficient (Wildman–Crippen LogP) is 3.40. The van der Waals surface area contributed by atoms with Gasteiger partial charge in [-0.05, 0) is 25.5 Å². The monoisotopic (exact) mass is 276 g/mol. The van der Waals surface area contributed by atoms with Gasteiger partial charge < -0.3 is 5.32 Å². The van der Waals surface area contributed by atoms with E-state index < -0.39 is 0 Å². The third kappa shape index (κ3) is 3.64. The average Bonchev–Trinajstić information content (AvgIpc) is 2.42. The van der Waals surface area contributed by atoms with Crippen LogP contribution in [0.25, 0.3) is 0 Å². The molecular weight excluding hydrogens is 260 g/mol. The quantitative estimate of drug-likeness (QED) is 0.851. The number of nitrogens with zero attached hydrogens (tertiary/aromatic N) is 3. The Labute approximate surface area is 118 Å². The molecule has 0 aliphatic heterocycles. The van der Waals surface area contributed by atoms with E-state index in [1.54, 1.807) is 6.20 Å². The van der Waals surface area contributed by atoms with Crippen molar-refractivity contribution in [3.05, 3.63) is 46.6 Å². The number of nitrogens with one attached hydrogen (secondary N) is 1. The molecule has 0 aliphatic carbocycles. The molecule has 1 N–H and O–H groups in total. The van der Waals surface area contributed by atoms with E-state index in [-0.39, 0.29) is 0 Å². The highest BCUT2D eigenvalue weighted by Gasteiger charge is 2.08. The van der Waals surface area contributed by atoms with Crippen molar-refractivity contribution in [1.82, 2.24) is 15.0 Å². The number of anilines is 1. The van der Waals surface area contributed by atoms with Gasteiger partial charge in [-0.2, -0.15) is 0 Å². The Bertz CT molecular complexity index is 543. The number of aromatic nitrogens is 3. The summed E-state index contributed by atoms with van der Waals surface area (Å²) in [5.74, 6) is 1.57. The van der Waals surface area contributed by atoms with E-state index in [0.717, 1.165) is 35.7 Å². The minimum absolute atomic E-state index is 0.516. The Morgan fingerprint density at radius 3 is 2.79 bits per heavy atom. The Morgan fingerprint density at radius 2 is 2.11 bits per heavy atom. The first kappa shape index (κ1) is 13.7. The van der Waals surface area contributed by atoms with Gasteiger partial charge in [0, 0.05) is 18.2 Å². The van der Waals surface area contributed by atoms with E-state index in [2.05, 4.69) is 27.2 Å². The average molecular weight is 277 g/mol. The molecule has 0 saturated heterocycles. The maximum Gasteiger partial charge on any atom is 0.137 e. The summed E-state index contributed by atoms with van der Waals surface area (Å²) in [7, 11) is 0. The second-order valence-electron chi connectivity index (χ2n) is 4.33. The smallest absolute Gasteiger partial charge is 0.137 e. The molecule has 0 bridgehead atoms. The van der Waals surface area contributed by atoms with Crippen LogP contribution in [0.1, 0.15) is 30.4 Å². The standard InChI is InChI=1S/C14H17ClN4/c1-3-6-12-18-13(15)10(2)14(19-12)17-9-11-7-4-5-8-16-11/h4-5,7-8H,3,6,9H2,1-2H3,(H,17,18,19). The SMILES string of the molecule is CCCc1nc(Cl)c(C)c(NCc2ccccn2)n1. The lowest BCUT2D eigenvalue weighted by Gasteiger charge is -2.10. The molecule has 2 rings (SSSR count). The van der Waals surface area contributed by atoms with Gasteiger partial charge in [0.25, 0.3) is 0 Å². The zero-order chi connectivity index (χ0) is 13.7. The minimum Gasteiger partial charge on any atom is -0.364 e. The summed E-state index contributed by atoms with van der Waals surface area (Å²) in [6, 6.07) is 5.83. The Balaban J connectivity index is 2.15. The largest absolute Gasteiger partial charge is 0.364 e. The number of hydrogen-bond acceptors (Lipinski definition) is 4. The summed E-state index contributed by atoms with van der Waals surface area (Å²) >= 11 is 6.13. The van der Waals surface area contributed by atoms with Crippen LogP contribution in [-0.4, -0.2) is 15.0 Å². The van der Waals surface area contributed by atoms with Crippen LogP contribution < -0.4 is 5.32 Å². The van der Waals surface area contributed by atoms with E-state index in [0.29, 0.717) is 11.7 Å². The molecule has 0 amide bonds. The molecule has 0 atom stereocenters. The summed E-state index contributed by atoms with van der Waals surface area (Å²) in [5, 5.41) is 3.79. The van der Waals surface area contributed by atoms with Gasteiger partial charge in [0.15, 0.2) is 0 Å². The van der Waals surface area contributed by atoms with Crippen LogP contribution in [0.4, 0.5) is 5.82 Å². The van der Waals surface area contributed by atoms with E-state index in [9.17, 15) is 0 Å². The Hall–Kier alpha value is -1.68. The van der Waals surface area contributed by atoms with Crippen molar-refractivity contribution >= 4 is 17.4 Å². The first-order valence-electron chi connectivity index (χ1n) is 6.37. The lowest BCUT2D eigenvalue weighted by Crippen LogP contribution is -2.08. The van der Waals surface area contributed by atoms with E-state index >= 15 is 0 Å². The zero-order valence-electron chi connectivity index (χ0n) is 11.2. The molecular formula is C14H17ClN4. The fourth-order valence-corrected chi connectivity index (χ4v) is 1.90. The van der Waals surface area contributed by atoms with Crippen LogP contribution in [0.2, 0.25) is 5.15 Å². The molecule has 19 heavy (non-hydrogen) atoms. The van der Waals surface area contributed by atoms with Crippen molar-refractivity contribution in [2.75, 3.05) is 5.32 Å².